The molecule has 0 saturated heterocycles. The average Bonchev–Trinajstić information content (AvgIpc) is 2.53. The lowest BCUT2D eigenvalue weighted by molar-refractivity contribution is 0.0926. The molecular weight excluding hydrogens is 268 g/mol. The maximum atomic E-state index is 12.5. The monoisotopic (exact) mass is 286 g/mol. The van der Waals surface area contributed by atoms with Crippen molar-refractivity contribution in [3.8, 4) is 0 Å². The predicted octanol–water partition coefficient (Wildman–Crippen LogP) is 1.88. The van der Waals surface area contributed by atoms with Crippen LogP contribution in [0.2, 0.25) is 0 Å². The molecule has 2 rings (SSSR count). The van der Waals surface area contributed by atoms with Gasteiger partial charge in [-0.2, -0.15) is 0 Å². The quantitative estimate of drug-likeness (QED) is 0.346. The van der Waals surface area contributed by atoms with E-state index in [1.807, 2.05) is 25.1 Å². The van der Waals surface area contributed by atoms with Gasteiger partial charge in [0.15, 0.2) is 5.84 Å². The van der Waals surface area contributed by atoms with Gasteiger partial charge in [0.25, 0.3) is 5.91 Å². The van der Waals surface area contributed by atoms with Crippen LogP contribution in [0.25, 0.3) is 10.9 Å². The number of carbonyl (C=O) groups excluding carboxylic acids is 1. The van der Waals surface area contributed by atoms with E-state index in [1.54, 1.807) is 25.3 Å². The maximum Gasteiger partial charge on any atom is 0.254 e. The Hall–Kier alpha value is -2.63. The van der Waals surface area contributed by atoms with Crippen LogP contribution in [-0.2, 0) is 0 Å². The summed E-state index contributed by atoms with van der Waals surface area (Å²) in [7, 11) is 0. The Morgan fingerprint density at radius 3 is 2.81 bits per heavy atom. The SMILES string of the molecule is CCC(C)(NC(=O)c1cccc2cccnc12)C(N)=NO. The second-order valence-corrected chi connectivity index (χ2v) is 5.01. The number of para-hydroxylation sites is 1. The van der Waals surface area contributed by atoms with Crippen LogP contribution in [0, 0.1) is 0 Å². The van der Waals surface area contributed by atoms with E-state index in [9.17, 15) is 4.79 Å². The van der Waals surface area contributed by atoms with Gasteiger partial charge in [-0.1, -0.05) is 30.3 Å². The first-order valence-corrected chi connectivity index (χ1v) is 6.66. The molecule has 1 aromatic heterocycles. The van der Waals surface area contributed by atoms with Crippen LogP contribution in [0.4, 0.5) is 0 Å². The summed E-state index contributed by atoms with van der Waals surface area (Å²) < 4.78 is 0. The Bertz CT molecular complexity index is 694. The highest BCUT2D eigenvalue weighted by atomic mass is 16.4. The highest BCUT2D eigenvalue weighted by molar-refractivity contribution is 6.07. The summed E-state index contributed by atoms with van der Waals surface area (Å²) in [5.74, 6) is -0.346. The van der Waals surface area contributed by atoms with Crippen LogP contribution in [0.1, 0.15) is 30.6 Å². The molecule has 1 aromatic carbocycles. The van der Waals surface area contributed by atoms with Gasteiger partial charge in [-0.25, -0.2) is 0 Å². The number of hydrogen-bond acceptors (Lipinski definition) is 4. The van der Waals surface area contributed by atoms with Gasteiger partial charge in [0.2, 0.25) is 0 Å². The number of hydrogen-bond donors (Lipinski definition) is 3. The largest absolute Gasteiger partial charge is 0.409 e. The lowest BCUT2D eigenvalue weighted by atomic mass is 9.96. The number of rotatable bonds is 4. The van der Waals surface area contributed by atoms with Gasteiger partial charge in [0.1, 0.15) is 0 Å². The zero-order valence-corrected chi connectivity index (χ0v) is 12.0. The fourth-order valence-corrected chi connectivity index (χ4v) is 2.05. The zero-order valence-electron chi connectivity index (χ0n) is 12.0. The summed E-state index contributed by atoms with van der Waals surface area (Å²) >= 11 is 0. The van der Waals surface area contributed by atoms with Crippen LogP contribution < -0.4 is 11.1 Å². The highest BCUT2D eigenvalue weighted by Crippen LogP contribution is 2.18. The minimum absolute atomic E-state index is 0.0356. The van der Waals surface area contributed by atoms with Crippen molar-refractivity contribution in [1.29, 1.82) is 0 Å². The van der Waals surface area contributed by atoms with E-state index in [-0.39, 0.29) is 11.7 Å². The number of amidine groups is 1. The van der Waals surface area contributed by atoms with E-state index >= 15 is 0 Å². The Kier molecular flexibility index (Phi) is 4.07. The third-order valence-corrected chi connectivity index (χ3v) is 3.65. The lowest BCUT2D eigenvalue weighted by Crippen LogP contribution is -2.55. The van der Waals surface area contributed by atoms with Gasteiger partial charge < -0.3 is 16.3 Å². The minimum Gasteiger partial charge on any atom is -0.409 e. The molecule has 4 N–H and O–H groups in total. The number of carbonyl (C=O) groups is 1. The third kappa shape index (κ3) is 2.79. The van der Waals surface area contributed by atoms with Crippen molar-refractivity contribution < 1.29 is 10.0 Å². The molecule has 110 valence electrons. The minimum atomic E-state index is -0.914. The number of nitrogens with two attached hydrogens (primary N) is 1. The molecule has 0 aliphatic rings. The maximum absolute atomic E-state index is 12.5. The molecule has 1 heterocycles. The number of oxime groups is 1. The first-order chi connectivity index (χ1) is 10.0. The normalized spacial score (nSPS) is 14.7. The predicted molar refractivity (Wildman–Crippen MR) is 81.3 cm³/mol. The molecule has 1 amide bonds. The smallest absolute Gasteiger partial charge is 0.254 e. The van der Waals surface area contributed by atoms with Gasteiger partial charge in [-0.15, -0.1) is 0 Å². The van der Waals surface area contributed by atoms with Crippen molar-refractivity contribution in [3.05, 3.63) is 42.1 Å². The zero-order chi connectivity index (χ0) is 15.5. The second-order valence-electron chi connectivity index (χ2n) is 5.01. The van der Waals surface area contributed by atoms with Gasteiger partial charge >= 0.3 is 0 Å². The molecule has 1 atom stereocenters. The van der Waals surface area contributed by atoms with E-state index in [2.05, 4.69) is 15.5 Å². The topological polar surface area (TPSA) is 101 Å². The number of aromatic nitrogens is 1. The third-order valence-electron chi connectivity index (χ3n) is 3.65. The molecule has 0 bridgehead atoms. The van der Waals surface area contributed by atoms with Crippen LogP contribution in [0.15, 0.2) is 41.7 Å². The van der Waals surface area contributed by atoms with Crippen molar-refractivity contribution in [3.63, 3.8) is 0 Å². The molecule has 2 aromatic rings. The molecule has 6 heteroatoms. The average molecular weight is 286 g/mol. The van der Waals surface area contributed by atoms with Crippen molar-refractivity contribution >= 4 is 22.6 Å². The number of pyridine rings is 1. The van der Waals surface area contributed by atoms with Crippen molar-refractivity contribution in [1.82, 2.24) is 10.3 Å². The Balaban J connectivity index is 2.39. The summed E-state index contributed by atoms with van der Waals surface area (Å²) in [6.07, 6.45) is 2.13. The Morgan fingerprint density at radius 2 is 2.14 bits per heavy atom. The van der Waals surface area contributed by atoms with Crippen molar-refractivity contribution in [2.45, 2.75) is 25.8 Å². The van der Waals surface area contributed by atoms with E-state index in [1.165, 1.54) is 0 Å². The Labute approximate surface area is 122 Å². The van der Waals surface area contributed by atoms with Gasteiger partial charge in [0, 0.05) is 11.6 Å². The highest BCUT2D eigenvalue weighted by Gasteiger charge is 2.30. The first-order valence-electron chi connectivity index (χ1n) is 6.66. The first kappa shape index (κ1) is 14.8. The number of nitrogens with zero attached hydrogens (tertiary/aromatic N) is 2. The van der Waals surface area contributed by atoms with Crippen LogP contribution >= 0.6 is 0 Å². The summed E-state index contributed by atoms with van der Waals surface area (Å²) in [5.41, 5.74) is 5.83. The summed E-state index contributed by atoms with van der Waals surface area (Å²) in [4.78, 5) is 16.8. The van der Waals surface area contributed by atoms with E-state index in [0.717, 1.165) is 5.39 Å². The lowest BCUT2D eigenvalue weighted by Gasteiger charge is -2.28. The summed E-state index contributed by atoms with van der Waals surface area (Å²) in [6, 6.07) is 9.10. The molecule has 0 spiro atoms. The molecule has 0 radical (unpaired) electrons. The van der Waals surface area contributed by atoms with Crippen molar-refractivity contribution in [2.75, 3.05) is 0 Å². The molecule has 21 heavy (non-hydrogen) atoms. The van der Waals surface area contributed by atoms with Crippen LogP contribution in [-0.4, -0.2) is 27.5 Å². The van der Waals surface area contributed by atoms with E-state index < -0.39 is 5.54 Å². The standard InChI is InChI=1S/C15H18N4O2/c1-3-15(2,14(16)19-21)18-13(20)11-8-4-6-10-7-5-9-17-12(10)11/h4-9,21H,3H2,1-2H3,(H2,16,19)(H,18,20). The van der Waals surface area contributed by atoms with Crippen LogP contribution in [0.5, 0.6) is 0 Å². The fraction of sp³-hybridized carbons (Fsp3) is 0.267. The number of fused-ring (bicyclic) bond motifs is 1. The molecular formula is C15H18N4O2. The number of amides is 1. The molecule has 0 fully saturated rings. The summed E-state index contributed by atoms with van der Waals surface area (Å²) in [5, 5.41) is 15.5. The Morgan fingerprint density at radius 1 is 1.43 bits per heavy atom. The van der Waals surface area contributed by atoms with Crippen molar-refractivity contribution in [2.24, 2.45) is 10.9 Å². The number of benzene rings is 1. The number of nitrogens with one attached hydrogen (secondary N) is 1. The summed E-state index contributed by atoms with van der Waals surface area (Å²) in [6.45, 7) is 3.55. The molecule has 0 aliphatic carbocycles. The molecule has 1 unspecified atom stereocenters. The molecule has 0 saturated carbocycles. The van der Waals surface area contributed by atoms with Gasteiger partial charge in [-0.3, -0.25) is 9.78 Å². The second kappa shape index (κ2) is 5.78. The van der Waals surface area contributed by atoms with Gasteiger partial charge in [0.05, 0.1) is 16.6 Å². The van der Waals surface area contributed by atoms with E-state index in [0.29, 0.717) is 17.5 Å². The van der Waals surface area contributed by atoms with Crippen LogP contribution in [0.3, 0.4) is 0 Å². The molecule has 0 aliphatic heterocycles. The molecule has 6 nitrogen and oxygen atoms in total. The fourth-order valence-electron chi connectivity index (χ4n) is 2.05. The van der Waals surface area contributed by atoms with Gasteiger partial charge in [-0.05, 0) is 25.5 Å². The van der Waals surface area contributed by atoms with E-state index in [4.69, 9.17) is 10.9 Å².